The van der Waals surface area contributed by atoms with Gasteiger partial charge in [-0.25, -0.2) is 4.39 Å². The first-order valence-electron chi connectivity index (χ1n) is 3.78. The largest absolute Gasteiger partial charge is 0.489 e. The Morgan fingerprint density at radius 3 is 2.79 bits per heavy atom. The summed E-state index contributed by atoms with van der Waals surface area (Å²) in [5.41, 5.74) is -0.123. The van der Waals surface area contributed by atoms with Crippen LogP contribution >= 0.6 is 11.6 Å². The summed E-state index contributed by atoms with van der Waals surface area (Å²) in [6, 6.07) is 3.75. The van der Waals surface area contributed by atoms with E-state index < -0.39 is 11.6 Å². The highest BCUT2D eigenvalue weighted by Gasteiger charge is 2.09. The van der Waals surface area contributed by atoms with Gasteiger partial charge in [-0.15, -0.1) is 0 Å². The average molecular weight is 220 g/mol. The molecule has 0 aromatic heterocycles. The van der Waals surface area contributed by atoms with Crippen molar-refractivity contribution in [2.75, 3.05) is 13.3 Å². The number of rotatable bonds is 4. The molecule has 0 heterocycles. The van der Waals surface area contributed by atoms with Crippen molar-refractivity contribution in [3.8, 4) is 5.75 Å². The van der Waals surface area contributed by atoms with Gasteiger partial charge in [0, 0.05) is 12.1 Å². The second-order valence-corrected chi connectivity index (χ2v) is 2.82. The Morgan fingerprint density at radius 2 is 2.29 bits per heavy atom. The molecule has 0 spiro atoms. The Hall–Kier alpha value is -1.36. The summed E-state index contributed by atoms with van der Waals surface area (Å²) < 4.78 is 16.6. The van der Waals surface area contributed by atoms with Gasteiger partial charge < -0.3 is 4.74 Å². The third kappa shape index (κ3) is 2.56. The summed E-state index contributed by atoms with van der Waals surface area (Å²) in [4.78, 5) is 9.76. The maximum absolute atomic E-state index is 11.7. The van der Waals surface area contributed by atoms with Crippen LogP contribution in [0.25, 0.3) is 0 Å². The van der Waals surface area contributed by atoms with Crippen LogP contribution in [0.2, 0.25) is 5.02 Å². The van der Waals surface area contributed by atoms with Gasteiger partial charge in [0.05, 0.1) is 9.95 Å². The summed E-state index contributed by atoms with van der Waals surface area (Å²) in [6.45, 7) is -0.745. The van der Waals surface area contributed by atoms with Crippen LogP contribution in [0.3, 0.4) is 0 Å². The van der Waals surface area contributed by atoms with Crippen molar-refractivity contribution in [3.63, 3.8) is 0 Å². The van der Waals surface area contributed by atoms with Crippen molar-refractivity contribution in [3.05, 3.63) is 33.3 Å². The van der Waals surface area contributed by atoms with E-state index in [0.29, 0.717) is 0 Å². The van der Waals surface area contributed by atoms with Crippen LogP contribution in [0.1, 0.15) is 0 Å². The number of hydrogen-bond donors (Lipinski definition) is 0. The molecule has 0 aliphatic carbocycles. The zero-order valence-electron chi connectivity index (χ0n) is 7.07. The van der Waals surface area contributed by atoms with Gasteiger partial charge in [-0.2, -0.15) is 0 Å². The molecule has 14 heavy (non-hydrogen) atoms. The molecule has 1 aromatic carbocycles. The molecule has 0 amide bonds. The number of nitro benzene ring substituents is 1. The average Bonchev–Trinajstić information content (AvgIpc) is 2.15. The van der Waals surface area contributed by atoms with Crippen LogP contribution in [0.4, 0.5) is 10.1 Å². The fraction of sp³-hybridized carbons (Fsp3) is 0.250. The van der Waals surface area contributed by atoms with E-state index in [4.69, 9.17) is 16.3 Å². The highest BCUT2D eigenvalue weighted by atomic mass is 35.5. The molecule has 0 atom stereocenters. The maximum atomic E-state index is 11.7. The van der Waals surface area contributed by atoms with Crippen LogP contribution in [-0.4, -0.2) is 18.2 Å². The van der Waals surface area contributed by atoms with Crippen molar-refractivity contribution in [1.29, 1.82) is 0 Å². The molecule has 1 aromatic rings. The fourth-order valence-electron chi connectivity index (χ4n) is 0.869. The van der Waals surface area contributed by atoms with Gasteiger partial charge in [0.15, 0.2) is 0 Å². The number of nitrogens with zero attached hydrogens (tertiary/aromatic N) is 1. The Morgan fingerprint density at radius 1 is 1.57 bits per heavy atom. The van der Waals surface area contributed by atoms with E-state index in [0.717, 1.165) is 6.07 Å². The number of alkyl halides is 1. The van der Waals surface area contributed by atoms with Gasteiger partial charge in [0.2, 0.25) is 0 Å². The monoisotopic (exact) mass is 219 g/mol. The van der Waals surface area contributed by atoms with E-state index >= 15 is 0 Å². The number of hydrogen-bond acceptors (Lipinski definition) is 3. The fourth-order valence-corrected chi connectivity index (χ4v) is 1.10. The van der Waals surface area contributed by atoms with Crippen LogP contribution in [0.15, 0.2) is 18.2 Å². The number of non-ortho nitro benzene ring substituents is 1. The lowest BCUT2D eigenvalue weighted by Gasteiger charge is -2.04. The van der Waals surface area contributed by atoms with Crippen molar-refractivity contribution in [1.82, 2.24) is 0 Å². The predicted molar refractivity (Wildman–Crippen MR) is 49.6 cm³/mol. The molecule has 6 heteroatoms. The van der Waals surface area contributed by atoms with E-state index in [9.17, 15) is 14.5 Å². The van der Waals surface area contributed by atoms with E-state index in [1.54, 1.807) is 0 Å². The van der Waals surface area contributed by atoms with Crippen LogP contribution < -0.4 is 4.74 Å². The summed E-state index contributed by atoms with van der Waals surface area (Å²) >= 11 is 5.66. The molecule has 0 saturated heterocycles. The lowest BCUT2D eigenvalue weighted by molar-refractivity contribution is -0.384. The highest BCUT2D eigenvalue weighted by Crippen LogP contribution is 2.28. The number of nitro groups is 1. The third-order valence-corrected chi connectivity index (χ3v) is 1.76. The first-order chi connectivity index (χ1) is 6.65. The minimum Gasteiger partial charge on any atom is -0.489 e. The summed E-state index contributed by atoms with van der Waals surface area (Å²) in [7, 11) is 0. The molecule has 0 unspecified atom stereocenters. The smallest absolute Gasteiger partial charge is 0.271 e. The maximum Gasteiger partial charge on any atom is 0.271 e. The first-order valence-corrected chi connectivity index (χ1v) is 4.15. The molecular weight excluding hydrogens is 213 g/mol. The molecule has 0 aliphatic heterocycles. The Balaban J connectivity index is 2.84. The highest BCUT2D eigenvalue weighted by molar-refractivity contribution is 6.32. The van der Waals surface area contributed by atoms with E-state index in [2.05, 4.69) is 0 Å². The van der Waals surface area contributed by atoms with Crippen LogP contribution in [0.5, 0.6) is 5.75 Å². The van der Waals surface area contributed by atoms with Crippen LogP contribution in [-0.2, 0) is 0 Å². The molecule has 0 fully saturated rings. The molecular formula is C8H7ClFNO3. The standard InChI is InChI=1S/C8H7ClFNO3/c9-7-5-6(11(12)13)1-2-8(7)14-4-3-10/h1-2,5H,3-4H2. The Bertz CT molecular complexity index is 345. The van der Waals surface area contributed by atoms with Crippen molar-refractivity contribution >= 4 is 17.3 Å². The van der Waals surface area contributed by atoms with Gasteiger partial charge in [-0.05, 0) is 6.07 Å². The quantitative estimate of drug-likeness (QED) is 0.578. The Labute approximate surface area is 84.4 Å². The van der Waals surface area contributed by atoms with Gasteiger partial charge in [0.1, 0.15) is 19.0 Å². The van der Waals surface area contributed by atoms with Gasteiger partial charge >= 0.3 is 0 Å². The first kappa shape index (κ1) is 10.7. The van der Waals surface area contributed by atoms with Crippen LogP contribution in [0, 0.1) is 10.1 Å². The minimum atomic E-state index is -0.632. The van der Waals surface area contributed by atoms with Gasteiger partial charge in [0.25, 0.3) is 5.69 Å². The summed E-state index contributed by atoms with van der Waals surface area (Å²) in [5, 5.41) is 10.4. The van der Waals surface area contributed by atoms with E-state index in [1.165, 1.54) is 12.1 Å². The SMILES string of the molecule is O=[N+]([O-])c1ccc(OCCF)c(Cl)c1. The molecule has 4 nitrogen and oxygen atoms in total. The lowest BCUT2D eigenvalue weighted by atomic mass is 10.3. The second kappa shape index (κ2) is 4.76. The molecule has 0 bridgehead atoms. The third-order valence-electron chi connectivity index (χ3n) is 1.46. The van der Waals surface area contributed by atoms with Gasteiger partial charge in [-0.1, -0.05) is 11.6 Å². The zero-order valence-corrected chi connectivity index (χ0v) is 7.83. The number of benzene rings is 1. The topological polar surface area (TPSA) is 52.4 Å². The molecule has 0 saturated carbocycles. The summed E-state index contributed by atoms with van der Waals surface area (Å²) in [5.74, 6) is 0.245. The van der Waals surface area contributed by atoms with E-state index in [1.807, 2.05) is 0 Å². The second-order valence-electron chi connectivity index (χ2n) is 2.41. The molecule has 0 N–H and O–H groups in total. The van der Waals surface area contributed by atoms with Crippen molar-refractivity contribution < 1.29 is 14.1 Å². The molecule has 0 aliphatic rings. The normalized spacial score (nSPS) is 9.86. The lowest BCUT2D eigenvalue weighted by Crippen LogP contribution is -1.99. The Kier molecular flexibility index (Phi) is 3.64. The predicted octanol–water partition coefficient (Wildman–Crippen LogP) is 2.60. The van der Waals surface area contributed by atoms with Gasteiger partial charge in [-0.3, -0.25) is 10.1 Å². The minimum absolute atomic E-state index is 0.104. The van der Waals surface area contributed by atoms with E-state index in [-0.39, 0.29) is 23.1 Å². The molecule has 1 rings (SSSR count). The summed E-state index contributed by atoms with van der Waals surface area (Å²) in [6.07, 6.45) is 0. The molecule has 0 radical (unpaired) electrons. The van der Waals surface area contributed by atoms with Crippen molar-refractivity contribution in [2.24, 2.45) is 0 Å². The molecule has 76 valence electrons. The zero-order chi connectivity index (χ0) is 10.6. The number of halogens is 2. The van der Waals surface area contributed by atoms with Crippen molar-refractivity contribution in [2.45, 2.75) is 0 Å². The number of ether oxygens (including phenoxy) is 1.